The summed E-state index contributed by atoms with van der Waals surface area (Å²) >= 11 is 0. The summed E-state index contributed by atoms with van der Waals surface area (Å²) in [7, 11) is 0. The van der Waals surface area contributed by atoms with Crippen molar-refractivity contribution in [2.45, 2.75) is 70.3 Å². The molecule has 0 unspecified atom stereocenters. The van der Waals surface area contributed by atoms with E-state index in [4.69, 9.17) is 0 Å². The monoisotopic (exact) mass is 616 g/mol. The molecule has 4 aromatic rings. The number of nitrogens with zero attached hydrogens (tertiary/aromatic N) is 5. The number of anilines is 2. The van der Waals surface area contributed by atoms with Crippen LogP contribution in [0.15, 0.2) is 73.3 Å². The average molecular weight is 617 g/mol. The standard InChI is InChI=1S/C33H35F3N8O/c34-33(35,36)27-12-9-24(10-13-27)20-39-31(45)28(14-11-23-5-2-1-3-6-23)41-29-18-30(44-16-15-38-22-44)43-32(42-29)40-21-26-8-4-7-25(17-26)19-37/h4,7-10,12-13,15-18,22-23,28H,1-3,5-6,11,14,20-21H2,(H,39,45)(H2,40,41,42,43)/t28-/m1/s1. The van der Waals surface area contributed by atoms with Gasteiger partial charge in [0, 0.05) is 31.5 Å². The Morgan fingerprint density at radius 3 is 2.53 bits per heavy atom. The van der Waals surface area contributed by atoms with Gasteiger partial charge in [0.2, 0.25) is 11.9 Å². The number of carbonyl (C=O) groups excluding carboxylic acids is 1. The molecule has 1 atom stereocenters. The van der Waals surface area contributed by atoms with Gasteiger partial charge in [-0.3, -0.25) is 9.36 Å². The van der Waals surface area contributed by atoms with Gasteiger partial charge in [-0.05, 0) is 54.2 Å². The van der Waals surface area contributed by atoms with Crippen molar-refractivity contribution in [1.82, 2.24) is 24.8 Å². The van der Waals surface area contributed by atoms with Gasteiger partial charge in [-0.25, -0.2) is 4.98 Å². The van der Waals surface area contributed by atoms with E-state index in [0.717, 1.165) is 37.0 Å². The van der Waals surface area contributed by atoms with Crippen LogP contribution in [0.4, 0.5) is 24.9 Å². The second kappa shape index (κ2) is 14.7. The third-order valence-corrected chi connectivity index (χ3v) is 7.96. The van der Waals surface area contributed by atoms with Crippen LogP contribution in [0.1, 0.15) is 67.2 Å². The molecule has 0 aliphatic heterocycles. The number of aromatic nitrogens is 4. The van der Waals surface area contributed by atoms with Gasteiger partial charge in [0.15, 0.2) is 0 Å². The molecule has 1 amide bonds. The summed E-state index contributed by atoms with van der Waals surface area (Å²) in [4.78, 5) is 26.9. The summed E-state index contributed by atoms with van der Waals surface area (Å²) in [6.45, 7) is 0.471. The minimum Gasteiger partial charge on any atom is -0.358 e. The average Bonchev–Trinajstić information content (AvgIpc) is 3.60. The smallest absolute Gasteiger partial charge is 0.358 e. The van der Waals surface area contributed by atoms with E-state index in [1.165, 1.54) is 31.4 Å². The molecule has 1 fully saturated rings. The van der Waals surface area contributed by atoms with Crippen LogP contribution in [0.2, 0.25) is 0 Å². The lowest BCUT2D eigenvalue weighted by Gasteiger charge is -2.25. The highest BCUT2D eigenvalue weighted by atomic mass is 19.4. The number of nitrogens with one attached hydrogen (secondary N) is 3. The molecule has 0 spiro atoms. The predicted octanol–water partition coefficient (Wildman–Crippen LogP) is 6.62. The predicted molar refractivity (Wildman–Crippen MR) is 164 cm³/mol. The van der Waals surface area contributed by atoms with E-state index < -0.39 is 17.8 Å². The number of nitriles is 1. The van der Waals surface area contributed by atoms with Gasteiger partial charge in [-0.2, -0.15) is 28.4 Å². The van der Waals surface area contributed by atoms with E-state index in [1.807, 2.05) is 12.1 Å². The van der Waals surface area contributed by atoms with Gasteiger partial charge in [0.25, 0.3) is 0 Å². The van der Waals surface area contributed by atoms with Crippen LogP contribution >= 0.6 is 0 Å². The Hall–Kier alpha value is -4.92. The quantitative estimate of drug-likeness (QED) is 0.164. The fourth-order valence-corrected chi connectivity index (χ4v) is 5.50. The van der Waals surface area contributed by atoms with Crippen LogP contribution in [0.25, 0.3) is 5.82 Å². The lowest BCUT2D eigenvalue weighted by atomic mass is 9.85. The minimum atomic E-state index is -4.42. The number of imidazole rings is 1. The Kier molecular flexibility index (Phi) is 10.3. The lowest BCUT2D eigenvalue weighted by molar-refractivity contribution is -0.137. The highest BCUT2D eigenvalue weighted by Gasteiger charge is 2.30. The highest BCUT2D eigenvalue weighted by molar-refractivity contribution is 5.84. The maximum absolute atomic E-state index is 13.5. The van der Waals surface area contributed by atoms with Crippen molar-refractivity contribution >= 4 is 17.7 Å². The number of rotatable bonds is 12. The normalized spacial score (nSPS) is 14.4. The third-order valence-electron chi connectivity index (χ3n) is 7.96. The zero-order valence-corrected chi connectivity index (χ0v) is 24.7. The van der Waals surface area contributed by atoms with Crippen LogP contribution in [0, 0.1) is 17.2 Å². The number of amides is 1. The fourth-order valence-electron chi connectivity index (χ4n) is 5.50. The van der Waals surface area contributed by atoms with Crippen molar-refractivity contribution in [2.24, 2.45) is 5.92 Å². The van der Waals surface area contributed by atoms with Crippen LogP contribution in [-0.2, 0) is 24.1 Å². The van der Waals surface area contributed by atoms with Crippen molar-refractivity contribution in [1.29, 1.82) is 5.26 Å². The molecule has 2 aromatic heterocycles. The summed E-state index contributed by atoms with van der Waals surface area (Å²) < 4.78 is 40.7. The third kappa shape index (κ3) is 9.04. The lowest BCUT2D eigenvalue weighted by Crippen LogP contribution is -2.40. The van der Waals surface area contributed by atoms with Crippen molar-refractivity contribution in [3.05, 3.63) is 95.6 Å². The maximum atomic E-state index is 13.5. The summed E-state index contributed by atoms with van der Waals surface area (Å²) in [5.41, 5.74) is 1.27. The first-order valence-electron chi connectivity index (χ1n) is 15.1. The Bertz CT molecular complexity index is 1590. The van der Waals surface area contributed by atoms with Gasteiger partial charge in [-0.1, -0.05) is 56.4 Å². The number of alkyl halides is 3. The molecule has 0 saturated heterocycles. The van der Waals surface area contributed by atoms with Crippen molar-refractivity contribution in [3.8, 4) is 11.9 Å². The SMILES string of the molecule is N#Cc1cccc(CNc2nc(N[C@H](CCC3CCCCC3)C(=O)NCc3ccc(C(F)(F)F)cc3)cc(-n3ccnc3)n2)c1. The zero-order chi connectivity index (χ0) is 31.6. The van der Waals surface area contributed by atoms with E-state index in [1.54, 1.807) is 41.5 Å². The fraction of sp³-hybridized carbons (Fsp3) is 0.364. The van der Waals surface area contributed by atoms with E-state index in [-0.39, 0.29) is 12.5 Å². The van der Waals surface area contributed by atoms with Crippen LogP contribution in [-0.4, -0.2) is 31.5 Å². The number of halogens is 3. The summed E-state index contributed by atoms with van der Waals surface area (Å²) in [6.07, 6.45) is 7.91. The Morgan fingerprint density at radius 2 is 1.82 bits per heavy atom. The summed E-state index contributed by atoms with van der Waals surface area (Å²) in [6, 6.07) is 15.3. The molecule has 1 saturated carbocycles. The summed E-state index contributed by atoms with van der Waals surface area (Å²) in [5.74, 6) is 1.56. The molecule has 1 aliphatic carbocycles. The van der Waals surface area contributed by atoms with Gasteiger partial charge in [0.05, 0.1) is 17.2 Å². The number of benzene rings is 2. The Morgan fingerprint density at radius 1 is 1.02 bits per heavy atom. The Labute approximate surface area is 259 Å². The second-order valence-electron chi connectivity index (χ2n) is 11.3. The molecule has 0 bridgehead atoms. The van der Waals surface area contributed by atoms with E-state index >= 15 is 0 Å². The molecular formula is C33H35F3N8O. The number of carbonyl (C=O) groups is 1. The molecule has 12 heteroatoms. The van der Waals surface area contributed by atoms with E-state index in [0.29, 0.717) is 47.6 Å². The van der Waals surface area contributed by atoms with Crippen LogP contribution in [0.5, 0.6) is 0 Å². The second-order valence-corrected chi connectivity index (χ2v) is 11.3. The molecule has 3 N–H and O–H groups in total. The van der Waals surface area contributed by atoms with Crippen molar-refractivity contribution in [3.63, 3.8) is 0 Å². The van der Waals surface area contributed by atoms with Crippen molar-refractivity contribution in [2.75, 3.05) is 10.6 Å². The molecule has 234 valence electrons. The van der Waals surface area contributed by atoms with Crippen molar-refractivity contribution < 1.29 is 18.0 Å². The number of hydrogen-bond acceptors (Lipinski definition) is 7. The van der Waals surface area contributed by atoms with Crippen LogP contribution < -0.4 is 16.0 Å². The molecule has 2 aromatic carbocycles. The van der Waals surface area contributed by atoms with Gasteiger partial charge >= 0.3 is 6.18 Å². The van der Waals surface area contributed by atoms with Gasteiger partial charge in [-0.15, -0.1) is 0 Å². The molecule has 9 nitrogen and oxygen atoms in total. The topological polar surface area (TPSA) is 121 Å². The zero-order valence-electron chi connectivity index (χ0n) is 24.7. The maximum Gasteiger partial charge on any atom is 0.416 e. The van der Waals surface area contributed by atoms with E-state index in [2.05, 4.69) is 37.0 Å². The molecule has 45 heavy (non-hydrogen) atoms. The number of hydrogen-bond donors (Lipinski definition) is 3. The molecule has 2 heterocycles. The molecule has 1 aliphatic rings. The molecular weight excluding hydrogens is 581 g/mol. The molecule has 0 radical (unpaired) electrons. The largest absolute Gasteiger partial charge is 0.416 e. The molecule has 5 rings (SSSR count). The van der Waals surface area contributed by atoms with E-state index in [9.17, 15) is 23.2 Å². The summed E-state index contributed by atoms with van der Waals surface area (Å²) in [5, 5.41) is 18.7. The first-order valence-corrected chi connectivity index (χ1v) is 15.1. The van der Waals surface area contributed by atoms with Crippen LogP contribution in [0.3, 0.4) is 0 Å². The first kappa shape index (κ1) is 31.5. The first-order chi connectivity index (χ1) is 21.8. The highest BCUT2D eigenvalue weighted by Crippen LogP contribution is 2.30. The minimum absolute atomic E-state index is 0.0945. The van der Waals surface area contributed by atoms with Gasteiger partial charge in [0.1, 0.15) is 24.0 Å². The Balaban J connectivity index is 1.34. The van der Waals surface area contributed by atoms with Gasteiger partial charge < -0.3 is 16.0 Å².